The molecule has 172 valence electrons. The topological polar surface area (TPSA) is 156 Å². The number of rotatable bonds is 5. The third-order valence-electron chi connectivity index (χ3n) is 4.81. The van der Waals surface area contributed by atoms with Crippen molar-refractivity contribution < 1.29 is 31.6 Å². The Morgan fingerprint density at radius 1 is 1.34 bits per heavy atom. The summed E-state index contributed by atoms with van der Waals surface area (Å²) in [5.41, 5.74) is 0.215. The number of hydroxylamine groups is 2. The fraction of sp³-hybridized carbons (Fsp3) is 0.444. The molecule has 3 amide bonds. The Morgan fingerprint density at radius 2 is 2.09 bits per heavy atom. The van der Waals surface area contributed by atoms with Crippen LogP contribution in [0, 0.1) is 0 Å². The lowest BCUT2D eigenvalue weighted by Crippen LogP contribution is -2.42. The van der Waals surface area contributed by atoms with Crippen LogP contribution in [0.3, 0.4) is 0 Å². The van der Waals surface area contributed by atoms with E-state index < -0.39 is 40.2 Å². The molecule has 0 aromatic carbocycles. The number of hydrogen-bond donors (Lipinski definition) is 2. The second kappa shape index (κ2) is 7.72. The van der Waals surface area contributed by atoms with E-state index in [-0.39, 0.29) is 13.1 Å². The van der Waals surface area contributed by atoms with Crippen LogP contribution in [-0.4, -0.2) is 68.5 Å². The normalized spacial score (nSPS) is 20.3. The highest BCUT2D eigenvalue weighted by atomic mass is 32.3. The zero-order chi connectivity index (χ0) is 23.3. The molecule has 2 aromatic heterocycles. The van der Waals surface area contributed by atoms with Gasteiger partial charge in [0.1, 0.15) is 11.6 Å². The molecule has 4 heterocycles. The van der Waals surface area contributed by atoms with Crippen LogP contribution in [0.25, 0.3) is 5.82 Å². The van der Waals surface area contributed by atoms with Crippen molar-refractivity contribution in [3.8, 4) is 5.82 Å². The second-order valence-corrected chi connectivity index (χ2v) is 9.28. The van der Waals surface area contributed by atoms with Crippen molar-refractivity contribution >= 4 is 22.5 Å². The van der Waals surface area contributed by atoms with Crippen LogP contribution >= 0.6 is 0 Å². The zero-order valence-corrected chi connectivity index (χ0v) is 18.3. The summed E-state index contributed by atoms with van der Waals surface area (Å²) in [6.45, 7) is 5.19. The number of carbonyl (C=O) groups is 2. The molecule has 0 spiro atoms. The fourth-order valence-corrected chi connectivity index (χ4v) is 4.01. The number of pyridine rings is 1. The molecule has 2 atom stereocenters. The Kier molecular flexibility index (Phi) is 5.30. The van der Waals surface area contributed by atoms with Crippen LogP contribution in [0.15, 0.2) is 30.6 Å². The minimum Gasteiger partial charge on any atom is -0.444 e. The number of alkyl carbamates (subject to hydrolysis) is 1. The first-order chi connectivity index (χ1) is 14.9. The molecule has 14 heteroatoms. The highest BCUT2D eigenvalue weighted by Crippen LogP contribution is 2.43. The van der Waals surface area contributed by atoms with E-state index in [9.17, 15) is 18.0 Å². The van der Waals surface area contributed by atoms with Gasteiger partial charge in [0.25, 0.3) is 0 Å². The van der Waals surface area contributed by atoms with Gasteiger partial charge in [0.05, 0.1) is 18.3 Å². The minimum absolute atomic E-state index is 0.0423. The third kappa shape index (κ3) is 4.37. The van der Waals surface area contributed by atoms with Crippen molar-refractivity contribution in [1.29, 1.82) is 0 Å². The van der Waals surface area contributed by atoms with Crippen LogP contribution < -0.4 is 5.32 Å². The predicted octanol–water partition coefficient (Wildman–Crippen LogP) is 1.36. The van der Waals surface area contributed by atoms with Crippen molar-refractivity contribution in [2.75, 3.05) is 13.1 Å². The summed E-state index contributed by atoms with van der Waals surface area (Å²) in [6, 6.07) is 2.89. The Morgan fingerprint density at radius 3 is 2.72 bits per heavy atom. The molecular weight excluding hydrogens is 444 g/mol. The number of hydrogen-bond acceptors (Lipinski definition) is 8. The van der Waals surface area contributed by atoms with E-state index in [4.69, 9.17) is 9.29 Å². The van der Waals surface area contributed by atoms with Crippen LogP contribution in [0.1, 0.15) is 44.1 Å². The Balaban J connectivity index is 1.68. The van der Waals surface area contributed by atoms with Gasteiger partial charge in [0.2, 0.25) is 0 Å². The number of aromatic nitrogens is 3. The average molecular weight is 466 g/mol. The number of carbonyl (C=O) groups excluding carboxylic acids is 2. The molecule has 4 rings (SSSR count). The van der Waals surface area contributed by atoms with E-state index in [1.165, 1.54) is 9.58 Å². The van der Waals surface area contributed by atoms with E-state index in [0.29, 0.717) is 22.1 Å². The van der Waals surface area contributed by atoms with Crippen LogP contribution in [0.5, 0.6) is 0 Å². The number of urea groups is 1. The van der Waals surface area contributed by atoms with Crippen LogP contribution in [-0.2, 0) is 19.4 Å². The van der Waals surface area contributed by atoms with Crippen molar-refractivity contribution in [3.05, 3.63) is 41.9 Å². The Bertz CT molecular complexity index is 1140. The van der Waals surface area contributed by atoms with E-state index in [1.807, 2.05) is 0 Å². The molecule has 2 aliphatic rings. The molecule has 2 bridgehead atoms. The van der Waals surface area contributed by atoms with Gasteiger partial charge < -0.3 is 15.0 Å². The van der Waals surface area contributed by atoms with Gasteiger partial charge in [-0.05, 0) is 32.9 Å². The first kappa shape index (κ1) is 22.0. The number of fused-ring (bicyclic) bond motifs is 4. The molecular formula is C18H22N6O7S. The van der Waals surface area contributed by atoms with Gasteiger partial charge >= 0.3 is 22.5 Å². The SMILES string of the molecule is CC(C)(C)OC(=O)NC[C@@H]1c2nn(-c3ccccn3)cc2[C@H]2CN1C(=O)N2OS(=O)(=O)O. The summed E-state index contributed by atoms with van der Waals surface area (Å²) in [5, 5.41) is 7.74. The quantitative estimate of drug-likeness (QED) is 0.621. The number of ether oxygens (including phenoxy) is 1. The maximum atomic E-state index is 12.8. The summed E-state index contributed by atoms with van der Waals surface area (Å²) in [7, 11) is -4.94. The molecule has 0 radical (unpaired) electrons. The number of amides is 3. The Labute approximate surface area is 183 Å². The molecule has 2 N–H and O–H groups in total. The molecule has 0 aliphatic carbocycles. The number of nitrogens with zero attached hydrogens (tertiary/aromatic N) is 5. The predicted molar refractivity (Wildman–Crippen MR) is 108 cm³/mol. The summed E-state index contributed by atoms with van der Waals surface area (Å²) in [6.07, 6.45) is 2.52. The first-order valence-electron chi connectivity index (χ1n) is 9.67. The van der Waals surface area contributed by atoms with E-state index in [2.05, 4.69) is 19.7 Å². The van der Waals surface area contributed by atoms with Gasteiger partial charge in [-0.25, -0.2) is 19.3 Å². The average Bonchev–Trinajstić information content (AvgIpc) is 3.23. The molecule has 0 unspecified atom stereocenters. The number of nitrogens with one attached hydrogen (secondary N) is 1. The van der Waals surface area contributed by atoms with E-state index >= 15 is 0 Å². The van der Waals surface area contributed by atoms with E-state index in [0.717, 1.165) is 0 Å². The summed E-state index contributed by atoms with van der Waals surface area (Å²) < 4.78 is 43.0. The maximum Gasteiger partial charge on any atom is 0.418 e. The zero-order valence-electron chi connectivity index (χ0n) is 17.5. The summed E-state index contributed by atoms with van der Waals surface area (Å²) in [5.74, 6) is 0.500. The van der Waals surface area contributed by atoms with Crippen LogP contribution in [0.2, 0.25) is 0 Å². The molecule has 32 heavy (non-hydrogen) atoms. The highest BCUT2D eigenvalue weighted by Gasteiger charge is 2.51. The fourth-order valence-electron chi connectivity index (χ4n) is 3.64. The molecule has 0 saturated carbocycles. The van der Waals surface area contributed by atoms with Crippen molar-refractivity contribution in [2.45, 2.75) is 38.5 Å². The lowest BCUT2D eigenvalue weighted by atomic mass is 9.98. The summed E-state index contributed by atoms with van der Waals surface area (Å²) >= 11 is 0. The second-order valence-electron chi connectivity index (χ2n) is 8.28. The molecule has 2 aromatic rings. The van der Waals surface area contributed by atoms with Gasteiger partial charge in [-0.1, -0.05) is 6.07 Å². The maximum absolute atomic E-state index is 12.8. The highest BCUT2D eigenvalue weighted by molar-refractivity contribution is 7.80. The first-order valence-corrected chi connectivity index (χ1v) is 11.0. The molecule has 13 nitrogen and oxygen atoms in total. The van der Waals surface area contributed by atoms with Crippen molar-refractivity contribution in [1.82, 2.24) is 30.0 Å². The van der Waals surface area contributed by atoms with Gasteiger partial charge in [0.15, 0.2) is 5.82 Å². The molecule has 1 saturated heterocycles. The summed E-state index contributed by atoms with van der Waals surface area (Å²) in [4.78, 5) is 30.5. The smallest absolute Gasteiger partial charge is 0.418 e. The third-order valence-corrected chi connectivity index (χ3v) is 5.16. The van der Waals surface area contributed by atoms with Crippen molar-refractivity contribution in [3.63, 3.8) is 0 Å². The van der Waals surface area contributed by atoms with Crippen LogP contribution in [0.4, 0.5) is 9.59 Å². The van der Waals surface area contributed by atoms with Gasteiger partial charge in [-0.2, -0.15) is 18.6 Å². The lowest BCUT2D eigenvalue weighted by Gasteiger charge is -2.30. The minimum atomic E-state index is -4.94. The largest absolute Gasteiger partial charge is 0.444 e. The standard InChI is InChI=1S/C18H22N6O7S/c1-18(2,3)30-16(25)20-8-12-15-11(9-23(21-15)14-6-4-5-7-19-14)13-10-22(12)17(26)24(13)31-32(27,28)29/h4-7,9,12-13H,8,10H2,1-3H3,(H,20,25)(H,27,28,29)/t12-,13-/m1/s1. The van der Waals surface area contributed by atoms with Gasteiger partial charge in [0, 0.05) is 24.5 Å². The Hall–Kier alpha value is -3.23. The van der Waals surface area contributed by atoms with Crippen molar-refractivity contribution in [2.24, 2.45) is 0 Å². The van der Waals surface area contributed by atoms with Gasteiger partial charge in [-0.15, -0.1) is 4.28 Å². The molecule has 1 fully saturated rings. The van der Waals surface area contributed by atoms with Gasteiger partial charge in [-0.3, -0.25) is 4.55 Å². The lowest BCUT2D eigenvalue weighted by molar-refractivity contribution is -0.0317. The monoisotopic (exact) mass is 466 g/mol. The van der Waals surface area contributed by atoms with E-state index in [1.54, 1.807) is 51.4 Å². The molecule has 2 aliphatic heterocycles.